The Morgan fingerprint density at radius 2 is 1.69 bits per heavy atom. The van der Waals surface area contributed by atoms with Gasteiger partial charge in [-0.2, -0.15) is 0 Å². The highest BCUT2D eigenvalue weighted by Crippen LogP contribution is 2.22. The van der Waals surface area contributed by atoms with Gasteiger partial charge in [-0.3, -0.25) is 13.9 Å². The monoisotopic (exact) mass is 461 g/mol. The molecule has 1 atom stereocenters. The number of carbonyl (C=O) groups is 2. The zero-order chi connectivity index (χ0) is 23.9. The van der Waals surface area contributed by atoms with E-state index >= 15 is 0 Å². The van der Waals surface area contributed by atoms with Crippen molar-refractivity contribution in [2.24, 2.45) is 5.92 Å². The topological polar surface area (TPSA) is 105 Å². The Hall–Kier alpha value is -3.07. The van der Waals surface area contributed by atoms with E-state index in [0.717, 1.165) is 10.6 Å². The summed E-state index contributed by atoms with van der Waals surface area (Å²) in [4.78, 5) is 25.3. The first-order valence-corrected chi connectivity index (χ1v) is 12.3. The molecule has 0 bridgehead atoms. The molecule has 8 nitrogen and oxygen atoms in total. The number of sulfonamides is 1. The van der Waals surface area contributed by atoms with Gasteiger partial charge in [0.25, 0.3) is 11.8 Å². The lowest BCUT2D eigenvalue weighted by Crippen LogP contribution is -2.34. The van der Waals surface area contributed by atoms with Crippen LogP contribution in [0.25, 0.3) is 0 Å². The number of nitrogens with one attached hydrogen (secondary N) is 2. The van der Waals surface area contributed by atoms with Crippen LogP contribution in [-0.2, 0) is 14.8 Å². The molecule has 0 spiro atoms. The first-order valence-electron chi connectivity index (χ1n) is 10.4. The fourth-order valence-electron chi connectivity index (χ4n) is 2.81. The normalized spacial score (nSPS) is 12.2. The van der Waals surface area contributed by atoms with Gasteiger partial charge in [0, 0.05) is 13.6 Å². The molecule has 0 fully saturated rings. The van der Waals surface area contributed by atoms with E-state index in [0.29, 0.717) is 41.6 Å². The molecule has 0 aliphatic heterocycles. The van der Waals surface area contributed by atoms with Crippen molar-refractivity contribution in [1.82, 2.24) is 5.32 Å². The maximum absolute atomic E-state index is 12.8. The smallest absolute Gasteiger partial charge is 0.265 e. The highest BCUT2D eigenvalue weighted by molar-refractivity contribution is 7.92. The summed E-state index contributed by atoms with van der Waals surface area (Å²) in [7, 11) is -1.91. The molecule has 2 amide bonds. The number of carbonyl (C=O) groups excluding carboxylic acids is 2. The Morgan fingerprint density at radius 1 is 1.06 bits per heavy atom. The predicted octanol–water partition coefficient (Wildman–Crippen LogP) is 3.26. The molecule has 32 heavy (non-hydrogen) atoms. The van der Waals surface area contributed by atoms with Gasteiger partial charge >= 0.3 is 0 Å². The molecule has 0 aliphatic rings. The van der Waals surface area contributed by atoms with E-state index < -0.39 is 16.1 Å². The van der Waals surface area contributed by atoms with Crippen LogP contribution in [0.15, 0.2) is 48.5 Å². The third kappa shape index (κ3) is 6.98. The second-order valence-corrected chi connectivity index (χ2v) is 9.89. The number of para-hydroxylation sites is 1. The van der Waals surface area contributed by atoms with Crippen LogP contribution in [0, 0.1) is 5.92 Å². The quantitative estimate of drug-likeness (QED) is 0.565. The number of amides is 2. The Balaban J connectivity index is 2.10. The maximum Gasteiger partial charge on any atom is 0.265 e. The molecule has 0 radical (unpaired) electrons. The minimum absolute atomic E-state index is 0.255. The Bertz CT molecular complexity index is 1040. The van der Waals surface area contributed by atoms with E-state index in [2.05, 4.69) is 10.6 Å². The van der Waals surface area contributed by atoms with Crippen molar-refractivity contribution in [3.05, 3.63) is 54.1 Å². The molecule has 0 aromatic heterocycles. The van der Waals surface area contributed by atoms with Crippen LogP contribution in [0.2, 0.25) is 0 Å². The Labute approximate surface area is 190 Å². The number of nitrogens with zero attached hydrogens (tertiary/aromatic N) is 1. The molecule has 0 saturated heterocycles. The van der Waals surface area contributed by atoms with Gasteiger partial charge in [0.05, 0.1) is 23.2 Å². The van der Waals surface area contributed by atoms with Gasteiger partial charge in [0.15, 0.2) is 6.10 Å². The molecular weight excluding hydrogens is 430 g/mol. The second kappa shape index (κ2) is 11.0. The van der Waals surface area contributed by atoms with Crippen molar-refractivity contribution in [2.45, 2.75) is 33.3 Å². The first-order chi connectivity index (χ1) is 15.0. The standard InChI is InChI=1S/C23H31N3O5S/c1-6-21(31-18-13-11-17(12-14-18)26(4)32(5,29)30)23(28)25-20-10-8-7-9-19(20)22(27)24-15-16(2)3/h7-14,16,21H,6,15H2,1-5H3,(H,24,27)(H,25,28)/t21-/m1/s1. The highest BCUT2D eigenvalue weighted by atomic mass is 32.2. The summed E-state index contributed by atoms with van der Waals surface area (Å²) >= 11 is 0. The SMILES string of the molecule is CC[C@@H](Oc1ccc(N(C)S(C)(=O)=O)cc1)C(=O)Nc1ccccc1C(=O)NCC(C)C. The van der Waals surface area contributed by atoms with Crippen LogP contribution >= 0.6 is 0 Å². The summed E-state index contributed by atoms with van der Waals surface area (Å²) in [5.74, 6) is 0.103. The predicted molar refractivity (Wildman–Crippen MR) is 127 cm³/mol. The van der Waals surface area contributed by atoms with Gasteiger partial charge in [-0.05, 0) is 48.7 Å². The maximum atomic E-state index is 12.8. The van der Waals surface area contributed by atoms with E-state index in [-0.39, 0.29) is 11.8 Å². The van der Waals surface area contributed by atoms with Crippen LogP contribution in [0.5, 0.6) is 5.75 Å². The van der Waals surface area contributed by atoms with Gasteiger partial charge in [-0.25, -0.2) is 8.42 Å². The van der Waals surface area contributed by atoms with Crippen molar-refractivity contribution >= 4 is 33.2 Å². The molecule has 0 unspecified atom stereocenters. The highest BCUT2D eigenvalue weighted by Gasteiger charge is 2.21. The zero-order valence-electron chi connectivity index (χ0n) is 19.1. The Kier molecular flexibility index (Phi) is 8.65. The lowest BCUT2D eigenvalue weighted by molar-refractivity contribution is -0.122. The summed E-state index contributed by atoms with van der Waals surface area (Å²) in [6.45, 7) is 6.36. The average Bonchev–Trinajstić information content (AvgIpc) is 2.75. The van der Waals surface area contributed by atoms with Crippen molar-refractivity contribution < 1.29 is 22.7 Å². The van der Waals surface area contributed by atoms with E-state index in [1.54, 1.807) is 48.5 Å². The van der Waals surface area contributed by atoms with Gasteiger partial charge in [-0.1, -0.05) is 32.9 Å². The summed E-state index contributed by atoms with van der Waals surface area (Å²) in [6, 6.07) is 13.2. The molecule has 2 aromatic carbocycles. The van der Waals surface area contributed by atoms with Crippen molar-refractivity contribution in [3.8, 4) is 5.75 Å². The third-order valence-electron chi connectivity index (χ3n) is 4.74. The number of benzene rings is 2. The van der Waals surface area contributed by atoms with Crippen molar-refractivity contribution in [1.29, 1.82) is 0 Å². The van der Waals surface area contributed by atoms with E-state index in [1.165, 1.54) is 7.05 Å². The first kappa shape index (κ1) is 25.2. The molecule has 0 saturated carbocycles. The summed E-state index contributed by atoms with van der Waals surface area (Å²) in [6.07, 6.45) is 0.731. The van der Waals surface area contributed by atoms with E-state index in [4.69, 9.17) is 4.74 Å². The molecule has 2 N–H and O–H groups in total. The van der Waals surface area contributed by atoms with E-state index in [1.807, 2.05) is 20.8 Å². The largest absolute Gasteiger partial charge is 0.481 e. The second-order valence-electron chi connectivity index (χ2n) is 7.88. The van der Waals surface area contributed by atoms with Gasteiger partial charge in [0.2, 0.25) is 10.0 Å². The van der Waals surface area contributed by atoms with Gasteiger partial charge in [-0.15, -0.1) is 0 Å². The summed E-state index contributed by atoms with van der Waals surface area (Å²) in [5.41, 5.74) is 1.27. The van der Waals surface area contributed by atoms with Crippen LogP contribution in [-0.4, -0.2) is 46.2 Å². The van der Waals surface area contributed by atoms with Crippen molar-refractivity contribution in [3.63, 3.8) is 0 Å². The molecular formula is C23H31N3O5S. The van der Waals surface area contributed by atoms with Crippen LogP contribution in [0.1, 0.15) is 37.6 Å². The Morgan fingerprint density at radius 3 is 2.25 bits per heavy atom. The third-order valence-corrected chi connectivity index (χ3v) is 5.95. The minimum atomic E-state index is -3.37. The molecule has 2 aromatic rings. The fraction of sp³-hybridized carbons (Fsp3) is 0.391. The summed E-state index contributed by atoms with van der Waals surface area (Å²) in [5, 5.41) is 5.64. The van der Waals surface area contributed by atoms with Gasteiger partial charge < -0.3 is 15.4 Å². The fourth-order valence-corrected chi connectivity index (χ4v) is 3.31. The zero-order valence-corrected chi connectivity index (χ0v) is 19.9. The number of rotatable bonds is 10. The molecule has 2 rings (SSSR count). The minimum Gasteiger partial charge on any atom is -0.481 e. The molecule has 0 heterocycles. The summed E-state index contributed by atoms with van der Waals surface area (Å²) < 4.78 is 30.3. The van der Waals surface area contributed by atoms with Crippen LogP contribution in [0.3, 0.4) is 0 Å². The number of ether oxygens (including phenoxy) is 1. The molecule has 0 aliphatic carbocycles. The van der Waals surface area contributed by atoms with Gasteiger partial charge in [0.1, 0.15) is 5.75 Å². The average molecular weight is 462 g/mol. The van der Waals surface area contributed by atoms with Crippen LogP contribution in [0.4, 0.5) is 11.4 Å². The van der Waals surface area contributed by atoms with Crippen molar-refractivity contribution in [2.75, 3.05) is 29.5 Å². The number of hydrogen-bond donors (Lipinski definition) is 2. The number of hydrogen-bond acceptors (Lipinski definition) is 5. The molecule has 174 valence electrons. The van der Waals surface area contributed by atoms with Crippen LogP contribution < -0.4 is 19.7 Å². The molecule has 9 heteroatoms. The van der Waals surface area contributed by atoms with E-state index in [9.17, 15) is 18.0 Å². The number of anilines is 2. The lowest BCUT2D eigenvalue weighted by Gasteiger charge is -2.20. The lowest BCUT2D eigenvalue weighted by atomic mass is 10.1.